The summed E-state index contributed by atoms with van der Waals surface area (Å²) in [5, 5.41) is 31.7. The van der Waals surface area contributed by atoms with Gasteiger partial charge in [-0.15, -0.1) is 6.58 Å². The van der Waals surface area contributed by atoms with E-state index in [1.54, 1.807) is 0 Å². The Balaban J connectivity index is 1.73. The third-order valence-electron chi connectivity index (χ3n) is 9.02. The van der Waals surface area contributed by atoms with Crippen LogP contribution >= 0.6 is 0 Å². The normalized spacial score (nSPS) is 58.2. The number of ketones is 1. The quantitative estimate of drug-likeness (QED) is 0.636. The molecule has 4 aliphatic rings. The van der Waals surface area contributed by atoms with Crippen LogP contribution in [0.25, 0.3) is 0 Å². The largest absolute Gasteiger partial charge is 0.390 e. The van der Waals surface area contributed by atoms with Crippen LogP contribution in [0.3, 0.4) is 0 Å². The minimum atomic E-state index is -1.49. The molecule has 0 radical (unpaired) electrons. The highest BCUT2D eigenvalue weighted by Gasteiger charge is 2.68. The van der Waals surface area contributed by atoms with Crippen molar-refractivity contribution >= 4 is 5.78 Å². The second-order valence-electron chi connectivity index (χ2n) is 9.79. The zero-order valence-corrected chi connectivity index (χ0v) is 15.4. The Labute approximate surface area is 150 Å². The van der Waals surface area contributed by atoms with Gasteiger partial charge in [-0.3, -0.25) is 4.79 Å². The molecule has 4 saturated carbocycles. The van der Waals surface area contributed by atoms with Gasteiger partial charge in [-0.05, 0) is 61.2 Å². The number of carbonyl (C=O) groups excluding carboxylic acids is 1. The monoisotopic (exact) mass is 348 g/mol. The van der Waals surface area contributed by atoms with Gasteiger partial charge in [0.1, 0.15) is 5.60 Å². The zero-order chi connectivity index (χ0) is 18.2. The molecule has 9 atom stereocenters. The molecule has 140 valence electrons. The van der Waals surface area contributed by atoms with E-state index in [0.29, 0.717) is 24.7 Å². The molecule has 3 N–H and O–H groups in total. The fraction of sp³-hybridized carbons (Fsp3) is 0.857. The fourth-order valence-electron chi connectivity index (χ4n) is 7.48. The Kier molecular flexibility index (Phi) is 3.82. The van der Waals surface area contributed by atoms with E-state index < -0.39 is 23.2 Å². The zero-order valence-electron chi connectivity index (χ0n) is 15.4. The first kappa shape index (κ1) is 17.7. The molecule has 0 spiro atoms. The van der Waals surface area contributed by atoms with Crippen molar-refractivity contribution in [1.82, 2.24) is 0 Å². The molecule has 0 bridgehead atoms. The van der Waals surface area contributed by atoms with E-state index in [9.17, 15) is 20.1 Å². The van der Waals surface area contributed by atoms with E-state index in [1.165, 1.54) is 0 Å². The predicted molar refractivity (Wildman–Crippen MR) is 94.7 cm³/mol. The third kappa shape index (κ3) is 2.08. The van der Waals surface area contributed by atoms with Crippen LogP contribution in [0.4, 0.5) is 0 Å². The maximum absolute atomic E-state index is 13.0. The highest BCUT2D eigenvalue weighted by molar-refractivity contribution is 5.89. The summed E-state index contributed by atoms with van der Waals surface area (Å²) in [5.41, 5.74) is -1.92. The summed E-state index contributed by atoms with van der Waals surface area (Å²) in [7, 11) is 0. The molecule has 4 heteroatoms. The van der Waals surface area contributed by atoms with Crippen LogP contribution in [0.2, 0.25) is 0 Å². The number of rotatable bonds is 1. The minimum Gasteiger partial charge on any atom is -0.390 e. The molecule has 4 fully saturated rings. The lowest BCUT2D eigenvalue weighted by Crippen LogP contribution is -2.69. The van der Waals surface area contributed by atoms with Gasteiger partial charge < -0.3 is 15.3 Å². The van der Waals surface area contributed by atoms with E-state index in [2.05, 4.69) is 19.6 Å². The second kappa shape index (κ2) is 5.40. The van der Waals surface area contributed by atoms with Gasteiger partial charge in [0, 0.05) is 18.3 Å². The molecule has 25 heavy (non-hydrogen) atoms. The van der Waals surface area contributed by atoms with E-state index >= 15 is 0 Å². The predicted octanol–water partition coefficient (Wildman–Crippen LogP) is 2.46. The van der Waals surface area contributed by atoms with E-state index in [1.807, 2.05) is 6.92 Å². The lowest BCUT2D eigenvalue weighted by Gasteiger charge is -2.63. The summed E-state index contributed by atoms with van der Waals surface area (Å²) in [6, 6.07) is 0. The molecule has 0 aromatic rings. The van der Waals surface area contributed by atoms with Gasteiger partial charge in [0.05, 0.1) is 12.2 Å². The van der Waals surface area contributed by atoms with Crippen LogP contribution in [0.15, 0.2) is 12.7 Å². The van der Waals surface area contributed by atoms with Crippen LogP contribution in [-0.4, -0.2) is 38.9 Å². The van der Waals surface area contributed by atoms with Gasteiger partial charge >= 0.3 is 0 Å². The van der Waals surface area contributed by atoms with Crippen molar-refractivity contribution in [1.29, 1.82) is 0 Å². The molecule has 0 aromatic heterocycles. The number of aliphatic hydroxyl groups is 3. The van der Waals surface area contributed by atoms with Crippen molar-refractivity contribution in [3.63, 3.8) is 0 Å². The standard InChI is InChI=1S/C21H32O4/c1-4-12-5-6-14-13-9-18(24)21(25)11-17(23)16(22)10-20(21,3)15(13)7-8-19(12,14)2/h4,12-17,22-23,25H,1,5-11H2,2-3H3/t12-,13-,14-,15-,16-,17+,19+,20+,21+/m0/s1. The van der Waals surface area contributed by atoms with Crippen LogP contribution in [0, 0.1) is 34.5 Å². The fourth-order valence-corrected chi connectivity index (χ4v) is 7.48. The molecule has 0 saturated heterocycles. The van der Waals surface area contributed by atoms with Crippen molar-refractivity contribution in [3.05, 3.63) is 12.7 Å². The Morgan fingerprint density at radius 3 is 2.44 bits per heavy atom. The first-order valence-corrected chi connectivity index (χ1v) is 9.92. The molecule has 0 aromatic carbocycles. The number of aliphatic hydroxyl groups excluding tert-OH is 2. The first-order chi connectivity index (χ1) is 11.7. The van der Waals surface area contributed by atoms with E-state index in [-0.39, 0.29) is 29.5 Å². The minimum absolute atomic E-state index is 0.0239. The number of fused-ring (bicyclic) bond motifs is 5. The molecular formula is C21H32O4. The van der Waals surface area contributed by atoms with Crippen molar-refractivity contribution in [2.75, 3.05) is 0 Å². The van der Waals surface area contributed by atoms with Crippen molar-refractivity contribution in [3.8, 4) is 0 Å². The Morgan fingerprint density at radius 1 is 1.08 bits per heavy atom. The van der Waals surface area contributed by atoms with Crippen LogP contribution in [0.5, 0.6) is 0 Å². The molecule has 0 heterocycles. The molecule has 0 unspecified atom stereocenters. The highest BCUT2D eigenvalue weighted by Crippen LogP contribution is 2.67. The van der Waals surface area contributed by atoms with Crippen molar-refractivity contribution in [2.45, 2.75) is 76.6 Å². The highest BCUT2D eigenvalue weighted by atomic mass is 16.3. The molecule has 0 aliphatic heterocycles. The molecule has 0 amide bonds. The summed E-state index contributed by atoms with van der Waals surface area (Å²) in [6.45, 7) is 8.39. The van der Waals surface area contributed by atoms with E-state index in [0.717, 1.165) is 25.7 Å². The lowest BCUT2D eigenvalue weighted by molar-refractivity contribution is -0.229. The number of hydrogen-bond donors (Lipinski definition) is 3. The summed E-state index contributed by atoms with van der Waals surface area (Å²) < 4.78 is 0. The van der Waals surface area contributed by atoms with Crippen LogP contribution < -0.4 is 0 Å². The van der Waals surface area contributed by atoms with Gasteiger partial charge in [-0.1, -0.05) is 19.9 Å². The first-order valence-electron chi connectivity index (χ1n) is 9.92. The summed E-state index contributed by atoms with van der Waals surface area (Å²) in [5.74, 6) is 1.40. The summed E-state index contributed by atoms with van der Waals surface area (Å²) in [4.78, 5) is 13.0. The third-order valence-corrected chi connectivity index (χ3v) is 9.02. The topological polar surface area (TPSA) is 77.8 Å². The maximum atomic E-state index is 13.0. The van der Waals surface area contributed by atoms with E-state index in [4.69, 9.17) is 0 Å². The Morgan fingerprint density at radius 2 is 1.76 bits per heavy atom. The molecule has 4 nitrogen and oxygen atoms in total. The number of hydrogen-bond acceptors (Lipinski definition) is 4. The summed E-state index contributed by atoms with van der Waals surface area (Å²) in [6.07, 6.45) is 5.29. The summed E-state index contributed by atoms with van der Waals surface area (Å²) >= 11 is 0. The van der Waals surface area contributed by atoms with Gasteiger partial charge in [0.25, 0.3) is 0 Å². The number of Topliss-reactive ketones (excluding diaryl/α,β-unsaturated/α-hetero) is 1. The smallest absolute Gasteiger partial charge is 0.165 e. The van der Waals surface area contributed by atoms with Gasteiger partial charge in [0.2, 0.25) is 0 Å². The van der Waals surface area contributed by atoms with Gasteiger partial charge in [-0.25, -0.2) is 0 Å². The van der Waals surface area contributed by atoms with Crippen LogP contribution in [0.1, 0.15) is 58.8 Å². The number of carbonyl (C=O) groups is 1. The Hall–Kier alpha value is -0.710. The Bertz CT molecular complexity index is 603. The van der Waals surface area contributed by atoms with Gasteiger partial charge in [-0.2, -0.15) is 0 Å². The average Bonchev–Trinajstić information content (AvgIpc) is 2.89. The van der Waals surface area contributed by atoms with Crippen molar-refractivity contribution in [2.24, 2.45) is 34.5 Å². The lowest BCUT2D eigenvalue weighted by atomic mass is 9.42. The van der Waals surface area contributed by atoms with Crippen molar-refractivity contribution < 1.29 is 20.1 Å². The molecule has 4 aliphatic carbocycles. The van der Waals surface area contributed by atoms with Crippen LogP contribution in [-0.2, 0) is 4.79 Å². The molecule has 4 rings (SSSR count). The SMILES string of the molecule is C=C[C@H]1CC[C@H]2[C@@H]3CC(=O)[C@]4(O)C[C@@H](O)[C@@H](O)C[C@]4(C)[C@H]3CC[C@]12C. The number of allylic oxidation sites excluding steroid dienone is 1. The average molecular weight is 348 g/mol. The molecular weight excluding hydrogens is 316 g/mol. The second-order valence-corrected chi connectivity index (χ2v) is 9.79. The van der Waals surface area contributed by atoms with Gasteiger partial charge in [0.15, 0.2) is 5.78 Å². The maximum Gasteiger partial charge on any atom is 0.165 e.